The number of hydrogen-bond donors (Lipinski definition) is 7. The second-order valence-corrected chi connectivity index (χ2v) is 14.7. The van der Waals surface area contributed by atoms with E-state index in [9.17, 15) is 22.8 Å². The van der Waals surface area contributed by atoms with Gasteiger partial charge in [-0.2, -0.15) is 0 Å². The molecule has 9 N–H and O–H groups in total. The van der Waals surface area contributed by atoms with Crippen LogP contribution in [0, 0.1) is 5.41 Å². The summed E-state index contributed by atoms with van der Waals surface area (Å²) in [6.07, 6.45) is 0.486. The fraction of sp³-hybridized carbons (Fsp3) is 0.389. The zero-order valence-electron chi connectivity index (χ0n) is 28.8. The summed E-state index contributed by atoms with van der Waals surface area (Å²) in [5.41, 5.74) is 14.2. The van der Waals surface area contributed by atoms with Crippen molar-refractivity contribution < 1.29 is 27.5 Å². The Labute approximate surface area is 294 Å². The van der Waals surface area contributed by atoms with Gasteiger partial charge in [-0.25, -0.2) is 17.9 Å². The molecular formula is C36H49N7O6S. The Kier molecular flexibility index (Phi) is 14.9. The highest BCUT2D eigenvalue weighted by Crippen LogP contribution is 2.12. The van der Waals surface area contributed by atoms with E-state index in [0.717, 1.165) is 16.7 Å². The van der Waals surface area contributed by atoms with E-state index in [1.165, 1.54) is 0 Å². The first-order valence-electron chi connectivity index (χ1n) is 16.4. The molecule has 0 saturated heterocycles. The molecule has 50 heavy (non-hydrogen) atoms. The highest BCUT2D eigenvalue weighted by atomic mass is 32.2. The number of benzene rings is 3. The predicted octanol–water partition coefficient (Wildman–Crippen LogP) is 2.96. The van der Waals surface area contributed by atoms with Crippen LogP contribution >= 0.6 is 0 Å². The van der Waals surface area contributed by atoms with Crippen molar-refractivity contribution in [1.82, 2.24) is 20.7 Å². The van der Waals surface area contributed by atoms with Crippen molar-refractivity contribution >= 4 is 33.8 Å². The lowest BCUT2D eigenvalue weighted by Crippen LogP contribution is -2.54. The minimum absolute atomic E-state index is 0.0729. The first-order chi connectivity index (χ1) is 23.6. The van der Waals surface area contributed by atoms with Crippen LogP contribution in [-0.4, -0.2) is 56.4 Å². The van der Waals surface area contributed by atoms with Crippen molar-refractivity contribution in [1.29, 1.82) is 5.41 Å². The van der Waals surface area contributed by atoms with Gasteiger partial charge in [0, 0.05) is 31.6 Å². The molecule has 0 aliphatic rings. The molecule has 0 fully saturated rings. The first-order valence-corrected chi connectivity index (χ1v) is 18.1. The summed E-state index contributed by atoms with van der Waals surface area (Å²) in [7, 11) is -3.97. The van der Waals surface area contributed by atoms with Crippen LogP contribution in [0.25, 0.3) is 0 Å². The number of alkyl carbamates (subject to hydrolysis) is 1. The first kappa shape index (κ1) is 39.6. The van der Waals surface area contributed by atoms with Gasteiger partial charge in [-0.3, -0.25) is 15.0 Å². The fourth-order valence-corrected chi connectivity index (χ4v) is 6.36. The number of nitrogens with two attached hydrogens (primary N) is 2. The summed E-state index contributed by atoms with van der Waals surface area (Å²) in [5.74, 6) is -1.55. The molecule has 0 saturated carbocycles. The second-order valence-electron chi connectivity index (χ2n) is 13.0. The maximum Gasteiger partial charge on any atom is 0.407 e. The molecule has 0 aromatic heterocycles. The molecule has 0 aliphatic carbocycles. The molecule has 3 rings (SSSR count). The van der Waals surface area contributed by atoms with Crippen molar-refractivity contribution in [2.45, 2.75) is 83.0 Å². The SMILES string of the molecule is CC(C)(C)OC(=O)NCCCCC(NS(=O)(=O)Cc1ccccc1)C(=O)NC(Cc1cccc(CN)c1)C(=O)NCc1ccc(C(=N)N)cc1. The predicted molar refractivity (Wildman–Crippen MR) is 193 cm³/mol. The molecule has 13 nitrogen and oxygen atoms in total. The summed E-state index contributed by atoms with van der Waals surface area (Å²) >= 11 is 0. The number of nitrogens with one attached hydrogen (secondary N) is 5. The standard InChI is InChI=1S/C36H49N7O6S/c1-36(2,3)49-35(46)40-19-8-7-14-30(43-50(47,48)24-26-10-5-4-6-11-26)34(45)42-31(21-27-12-9-13-28(20-27)22-37)33(44)41-23-25-15-17-29(18-16-25)32(38)39/h4-6,9-13,15-18,20,30-31,43H,7-8,14,19,21-24,37H2,1-3H3,(H3,38,39)(H,40,46)(H,41,44)(H,42,45). The smallest absolute Gasteiger partial charge is 0.407 e. The summed E-state index contributed by atoms with van der Waals surface area (Å²) in [4.78, 5) is 39.5. The fourth-order valence-electron chi connectivity index (χ4n) is 4.99. The molecule has 0 aliphatic heterocycles. The zero-order chi connectivity index (χ0) is 36.7. The van der Waals surface area contributed by atoms with Gasteiger partial charge in [0.25, 0.3) is 0 Å². The van der Waals surface area contributed by atoms with Crippen molar-refractivity contribution in [3.05, 3.63) is 107 Å². The van der Waals surface area contributed by atoms with Gasteiger partial charge in [-0.1, -0.05) is 78.9 Å². The van der Waals surface area contributed by atoms with E-state index in [4.69, 9.17) is 21.6 Å². The number of amides is 3. The van der Waals surface area contributed by atoms with Crippen LogP contribution in [0.3, 0.4) is 0 Å². The Morgan fingerprint density at radius 3 is 2.12 bits per heavy atom. The largest absolute Gasteiger partial charge is 0.444 e. The van der Waals surface area contributed by atoms with E-state index in [1.54, 1.807) is 75.4 Å². The monoisotopic (exact) mass is 707 g/mol. The molecule has 0 bridgehead atoms. The topological polar surface area (TPSA) is 219 Å². The molecule has 270 valence electrons. The number of carbonyl (C=O) groups is 3. The van der Waals surface area contributed by atoms with E-state index in [0.29, 0.717) is 30.5 Å². The molecule has 2 unspecified atom stereocenters. The van der Waals surface area contributed by atoms with Gasteiger partial charge in [0.2, 0.25) is 21.8 Å². The van der Waals surface area contributed by atoms with E-state index in [2.05, 4.69) is 20.7 Å². The Hall–Kier alpha value is -4.79. The van der Waals surface area contributed by atoms with E-state index in [1.807, 2.05) is 24.3 Å². The van der Waals surface area contributed by atoms with Gasteiger partial charge >= 0.3 is 6.09 Å². The number of hydrogen-bond acceptors (Lipinski definition) is 8. The molecule has 14 heteroatoms. The van der Waals surface area contributed by atoms with Crippen LogP contribution in [-0.2, 0) is 49.6 Å². The molecule has 3 aromatic rings. The maximum atomic E-state index is 13.8. The van der Waals surface area contributed by atoms with Crippen LogP contribution in [0.15, 0.2) is 78.9 Å². The Balaban J connectivity index is 1.77. The molecule has 0 heterocycles. The van der Waals surface area contributed by atoms with Crippen molar-refractivity contribution in [2.24, 2.45) is 11.5 Å². The minimum Gasteiger partial charge on any atom is -0.444 e. The average Bonchev–Trinajstić information content (AvgIpc) is 3.05. The Morgan fingerprint density at radius 2 is 1.48 bits per heavy atom. The zero-order valence-corrected chi connectivity index (χ0v) is 29.6. The third-order valence-electron chi connectivity index (χ3n) is 7.46. The van der Waals surface area contributed by atoms with Crippen molar-refractivity contribution in [3.8, 4) is 0 Å². The number of sulfonamides is 1. The molecule has 3 aromatic carbocycles. The van der Waals surface area contributed by atoms with Crippen LogP contribution in [0.4, 0.5) is 4.79 Å². The van der Waals surface area contributed by atoms with Crippen LogP contribution in [0.1, 0.15) is 67.9 Å². The maximum absolute atomic E-state index is 13.8. The van der Waals surface area contributed by atoms with E-state index in [-0.39, 0.29) is 37.5 Å². The molecule has 2 atom stereocenters. The van der Waals surface area contributed by atoms with Gasteiger partial charge in [-0.15, -0.1) is 0 Å². The molecular weight excluding hydrogens is 659 g/mol. The third-order valence-corrected chi connectivity index (χ3v) is 8.81. The number of unbranched alkanes of at least 4 members (excludes halogenated alkanes) is 1. The summed E-state index contributed by atoms with van der Waals surface area (Å²) < 4.78 is 34.3. The molecule has 3 amide bonds. The second kappa shape index (κ2) is 18.8. The normalized spacial score (nSPS) is 12.7. The number of rotatable bonds is 18. The number of carbonyl (C=O) groups excluding carboxylic acids is 3. The lowest BCUT2D eigenvalue weighted by Gasteiger charge is -2.24. The summed E-state index contributed by atoms with van der Waals surface area (Å²) in [6, 6.07) is 20.5. The highest BCUT2D eigenvalue weighted by Gasteiger charge is 2.29. The van der Waals surface area contributed by atoms with Gasteiger partial charge in [0.15, 0.2) is 0 Å². The van der Waals surface area contributed by atoms with E-state index < -0.39 is 45.6 Å². The summed E-state index contributed by atoms with van der Waals surface area (Å²) in [5, 5.41) is 15.9. The van der Waals surface area contributed by atoms with Gasteiger partial charge in [0.05, 0.1) is 5.75 Å². The number of amidine groups is 1. The summed E-state index contributed by atoms with van der Waals surface area (Å²) in [6.45, 7) is 5.97. The van der Waals surface area contributed by atoms with Crippen LogP contribution in [0.5, 0.6) is 0 Å². The average molecular weight is 708 g/mol. The Bertz CT molecular complexity index is 1690. The van der Waals surface area contributed by atoms with Gasteiger partial charge < -0.3 is 32.2 Å². The van der Waals surface area contributed by atoms with Gasteiger partial charge in [-0.05, 0) is 62.3 Å². The van der Waals surface area contributed by atoms with Crippen molar-refractivity contribution in [2.75, 3.05) is 6.54 Å². The number of nitrogen functional groups attached to an aromatic ring is 1. The van der Waals surface area contributed by atoms with Crippen LogP contribution < -0.4 is 32.1 Å². The van der Waals surface area contributed by atoms with E-state index >= 15 is 0 Å². The number of ether oxygens (including phenoxy) is 1. The third kappa shape index (κ3) is 14.4. The van der Waals surface area contributed by atoms with Gasteiger partial charge in [0.1, 0.15) is 23.5 Å². The van der Waals surface area contributed by atoms with Crippen LogP contribution in [0.2, 0.25) is 0 Å². The minimum atomic E-state index is -3.97. The highest BCUT2D eigenvalue weighted by molar-refractivity contribution is 7.88. The van der Waals surface area contributed by atoms with Crippen molar-refractivity contribution in [3.63, 3.8) is 0 Å². The quantitative estimate of drug-likeness (QED) is 0.0591. The lowest BCUT2D eigenvalue weighted by molar-refractivity contribution is -0.130. The Morgan fingerprint density at radius 1 is 0.820 bits per heavy atom. The molecule has 0 radical (unpaired) electrons. The lowest BCUT2D eigenvalue weighted by atomic mass is 10.0. The molecule has 0 spiro atoms.